The summed E-state index contributed by atoms with van der Waals surface area (Å²) in [6.07, 6.45) is 1.75. The first-order chi connectivity index (χ1) is 16.0. The molecule has 0 bridgehead atoms. The first-order valence-corrected chi connectivity index (χ1v) is 10.9. The molecule has 0 unspecified atom stereocenters. The van der Waals surface area contributed by atoms with Crippen LogP contribution in [0.3, 0.4) is 0 Å². The number of benzene rings is 1. The van der Waals surface area contributed by atoms with Crippen LogP contribution in [-0.2, 0) is 0 Å². The van der Waals surface area contributed by atoms with Gasteiger partial charge in [0.1, 0.15) is 17.2 Å². The van der Waals surface area contributed by atoms with Crippen LogP contribution in [0, 0.1) is 0 Å². The lowest BCUT2D eigenvalue weighted by Gasteiger charge is -2.35. The number of fused-ring (bicyclic) bond motifs is 1. The summed E-state index contributed by atoms with van der Waals surface area (Å²) >= 11 is 0. The monoisotopic (exact) mass is 447 g/mol. The van der Waals surface area contributed by atoms with E-state index >= 15 is 0 Å². The summed E-state index contributed by atoms with van der Waals surface area (Å²) in [4.78, 5) is 25.9. The van der Waals surface area contributed by atoms with E-state index < -0.39 is 0 Å². The Morgan fingerprint density at radius 1 is 1.09 bits per heavy atom. The molecule has 4 aromatic rings. The molecule has 170 valence electrons. The molecule has 0 aliphatic carbocycles. The summed E-state index contributed by atoms with van der Waals surface area (Å²) in [5, 5.41) is 4.88. The molecule has 0 N–H and O–H groups in total. The minimum atomic E-state index is -0.105. The van der Waals surface area contributed by atoms with Gasteiger partial charge in [-0.3, -0.25) is 4.79 Å². The van der Waals surface area contributed by atoms with Crippen molar-refractivity contribution in [3.63, 3.8) is 0 Å². The highest BCUT2D eigenvalue weighted by atomic mass is 16.5. The van der Waals surface area contributed by atoms with Crippen molar-refractivity contribution in [3.05, 3.63) is 54.2 Å². The normalized spacial score (nSPS) is 14.3. The maximum absolute atomic E-state index is 13.0. The highest BCUT2D eigenvalue weighted by Gasteiger charge is 2.25. The lowest BCUT2D eigenvalue weighted by Crippen LogP contribution is -2.49. The van der Waals surface area contributed by atoms with Crippen LogP contribution in [0.2, 0.25) is 0 Å². The fraction of sp³-hybridized carbons (Fsp3) is 0.333. The summed E-state index contributed by atoms with van der Waals surface area (Å²) in [5.74, 6) is 3.15. The van der Waals surface area contributed by atoms with Gasteiger partial charge in [0.25, 0.3) is 5.91 Å². The molecule has 9 heteroatoms. The van der Waals surface area contributed by atoms with Crippen LogP contribution in [0.25, 0.3) is 22.4 Å². The number of pyridine rings is 1. The van der Waals surface area contributed by atoms with Crippen molar-refractivity contribution in [1.29, 1.82) is 0 Å². The Labute approximate surface area is 190 Å². The molecule has 1 amide bonds. The van der Waals surface area contributed by atoms with Gasteiger partial charge < -0.3 is 23.5 Å². The summed E-state index contributed by atoms with van der Waals surface area (Å²) in [5.41, 5.74) is 1.48. The van der Waals surface area contributed by atoms with Gasteiger partial charge in [-0.15, -0.1) is 0 Å². The van der Waals surface area contributed by atoms with Crippen molar-refractivity contribution < 1.29 is 18.5 Å². The zero-order chi connectivity index (χ0) is 22.9. The van der Waals surface area contributed by atoms with Crippen LogP contribution in [0.15, 0.2) is 51.5 Å². The molecule has 1 saturated heterocycles. The van der Waals surface area contributed by atoms with E-state index in [0.29, 0.717) is 49.2 Å². The van der Waals surface area contributed by atoms with Gasteiger partial charge in [-0.1, -0.05) is 19.0 Å². The van der Waals surface area contributed by atoms with E-state index in [2.05, 4.69) is 20.0 Å². The largest absolute Gasteiger partial charge is 0.497 e. The van der Waals surface area contributed by atoms with Gasteiger partial charge in [0, 0.05) is 49.2 Å². The second-order valence-electron chi connectivity index (χ2n) is 8.31. The molecule has 0 atom stereocenters. The van der Waals surface area contributed by atoms with Crippen LogP contribution in [0.5, 0.6) is 5.75 Å². The predicted octanol–water partition coefficient (Wildman–Crippen LogP) is 3.97. The lowest BCUT2D eigenvalue weighted by atomic mass is 10.2. The first-order valence-electron chi connectivity index (χ1n) is 10.9. The van der Waals surface area contributed by atoms with E-state index in [1.54, 1.807) is 19.4 Å². The number of carbonyl (C=O) groups excluding carboxylic acids is 1. The molecule has 9 nitrogen and oxygen atoms in total. The number of piperazine rings is 1. The summed E-state index contributed by atoms with van der Waals surface area (Å²) in [6.45, 7) is 6.57. The number of methoxy groups -OCH3 is 1. The number of carbonyl (C=O) groups is 1. The molecule has 3 aromatic heterocycles. The van der Waals surface area contributed by atoms with Crippen molar-refractivity contribution in [1.82, 2.24) is 20.0 Å². The van der Waals surface area contributed by atoms with E-state index in [0.717, 1.165) is 22.5 Å². The van der Waals surface area contributed by atoms with Crippen molar-refractivity contribution in [2.75, 3.05) is 38.2 Å². The third-order valence-electron chi connectivity index (χ3n) is 5.77. The van der Waals surface area contributed by atoms with Crippen molar-refractivity contribution in [2.45, 2.75) is 19.8 Å². The summed E-state index contributed by atoms with van der Waals surface area (Å²) in [6, 6.07) is 11.2. The predicted molar refractivity (Wildman–Crippen MR) is 123 cm³/mol. The number of nitrogens with zero attached hydrogens (tertiary/aromatic N) is 5. The molecule has 4 heterocycles. The molecule has 0 saturated carbocycles. The molecule has 0 radical (unpaired) electrons. The second-order valence-corrected chi connectivity index (χ2v) is 8.31. The van der Waals surface area contributed by atoms with Crippen molar-refractivity contribution in [2.24, 2.45) is 0 Å². The molecule has 0 spiro atoms. The Bertz CT molecular complexity index is 1270. The molecule has 1 aromatic carbocycles. The SMILES string of the molecule is COc1ccc2oc(C(=O)N3CCN(c4ccc(-c5noc(C(C)C)n5)cn4)CC3)cc2c1. The quantitative estimate of drug-likeness (QED) is 0.453. The zero-order valence-corrected chi connectivity index (χ0v) is 18.8. The molecular weight excluding hydrogens is 422 g/mol. The van der Waals surface area contributed by atoms with Crippen LogP contribution in [-0.4, -0.2) is 59.2 Å². The van der Waals surface area contributed by atoms with Crippen molar-refractivity contribution >= 4 is 22.7 Å². The third-order valence-corrected chi connectivity index (χ3v) is 5.77. The third kappa shape index (κ3) is 4.13. The highest BCUT2D eigenvalue weighted by Crippen LogP contribution is 2.26. The lowest BCUT2D eigenvalue weighted by molar-refractivity contribution is 0.0717. The maximum atomic E-state index is 13.0. The number of aromatic nitrogens is 3. The Morgan fingerprint density at radius 2 is 1.91 bits per heavy atom. The maximum Gasteiger partial charge on any atom is 0.289 e. The zero-order valence-electron chi connectivity index (χ0n) is 18.8. The van der Waals surface area contributed by atoms with Gasteiger partial charge >= 0.3 is 0 Å². The summed E-state index contributed by atoms with van der Waals surface area (Å²) in [7, 11) is 1.61. The average molecular weight is 447 g/mol. The second kappa shape index (κ2) is 8.57. The number of rotatable bonds is 5. The fourth-order valence-electron chi connectivity index (χ4n) is 3.84. The van der Waals surface area contributed by atoms with E-state index in [1.807, 2.05) is 49.1 Å². The van der Waals surface area contributed by atoms with Gasteiger partial charge in [0.2, 0.25) is 11.7 Å². The standard InChI is InChI=1S/C24H25N5O4/c1-15(2)23-26-22(27-33-23)16-4-7-21(25-14-16)28-8-10-29(11-9-28)24(30)20-13-17-12-18(31-3)5-6-19(17)32-20/h4-7,12-15H,8-11H2,1-3H3. The van der Waals surface area contributed by atoms with Gasteiger partial charge in [-0.25, -0.2) is 4.98 Å². The van der Waals surface area contributed by atoms with Gasteiger partial charge in [-0.2, -0.15) is 4.98 Å². The first kappa shape index (κ1) is 21.0. The Kier molecular flexibility index (Phi) is 5.45. The van der Waals surface area contributed by atoms with Crippen LogP contribution in [0.1, 0.15) is 36.2 Å². The molecule has 1 fully saturated rings. The topological polar surface area (TPSA) is 97.7 Å². The number of ether oxygens (including phenoxy) is 1. The van der Waals surface area contributed by atoms with Crippen molar-refractivity contribution in [3.8, 4) is 17.1 Å². The summed E-state index contributed by atoms with van der Waals surface area (Å²) < 4.78 is 16.3. The number of hydrogen-bond donors (Lipinski definition) is 0. The van der Waals surface area contributed by atoms with Gasteiger partial charge in [0.15, 0.2) is 5.76 Å². The number of furan rings is 1. The Hall–Kier alpha value is -3.88. The Morgan fingerprint density at radius 3 is 2.58 bits per heavy atom. The van der Waals surface area contributed by atoms with Gasteiger partial charge in [-0.05, 0) is 36.4 Å². The van der Waals surface area contributed by atoms with Crippen LogP contribution in [0.4, 0.5) is 5.82 Å². The minimum absolute atomic E-state index is 0.105. The number of amides is 1. The van der Waals surface area contributed by atoms with E-state index in [1.165, 1.54) is 0 Å². The molecule has 1 aliphatic rings. The fourth-order valence-corrected chi connectivity index (χ4v) is 3.84. The molecule has 33 heavy (non-hydrogen) atoms. The number of anilines is 1. The van der Waals surface area contributed by atoms with Crippen LogP contribution < -0.4 is 9.64 Å². The Balaban J connectivity index is 1.23. The van der Waals surface area contributed by atoms with E-state index in [9.17, 15) is 4.79 Å². The molecular formula is C24H25N5O4. The molecule has 5 rings (SSSR count). The van der Waals surface area contributed by atoms with E-state index in [-0.39, 0.29) is 11.8 Å². The minimum Gasteiger partial charge on any atom is -0.497 e. The number of hydrogen-bond acceptors (Lipinski definition) is 8. The van der Waals surface area contributed by atoms with Gasteiger partial charge in [0.05, 0.1) is 7.11 Å². The van der Waals surface area contributed by atoms with Crippen LogP contribution >= 0.6 is 0 Å². The molecule has 1 aliphatic heterocycles. The van der Waals surface area contributed by atoms with E-state index in [4.69, 9.17) is 13.7 Å². The average Bonchev–Trinajstić information content (AvgIpc) is 3.51. The smallest absolute Gasteiger partial charge is 0.289 e. The highest BCUT2D eigenvalue weighted by molar-refractivity contribution is 5.96.